The lowest BCUT2D eigenvalue weighted by molar-refractivity contribution is 0.271. The smallest absolute Gasteiger partial charge is 0.111 e. The second kappa shape index (κ2) is 12.3. The molecular weight excluding hydrogens is 206 g/mol. The Morgan fingerprint density at radius 2 is 1.53 bits per heavy atom. The van der Waals surface area contributed by atoms with E-state index in [0.717, 1.165) is 5.75 Å². The molecule has 1 atom stereocenters. The normalized spacial score (nSPS) is 13.0. The van der Waals surface area contributed by atoms with Crippen LogP contribution in [0.2, 0.25) is 0 Å². The summed E-state index contributed by atoms with van der Waals surface area (Å²) in [6.45, 7) is 2.63. The fourth-order valence-electron chi connectivity index (χ4n) is 1.52. The molecule has 1 unspecified atom stereocenters. The first kappa shape index (κ1) is 15.3. The first-order chi connectivity index (χ1) is 7.31. The van der Waals surface area contributed by atoms with E-state index in [0.29, 0.717) is 6.54 Å². The lowest BCUT2D eigenvalue weighted by atomic mass is 10.1. The van der Waals surface area contributed by atoms with Gasteiger partial charge in [0, 0.05) is 6.54 Å². The number of hydrogen-bond acceptors (Lipinski definition) is 3. The highest BCUT2D eigenvalue weighted by atomic mass is 32.2. The van der Waals surface area contributed by atoms with E-state index in [1.165, 1.54) is 51.4 Å². The molecule has 0 saturated carbocycles. The first-order valence-corrected chi connectivity index (χ1v) is 7.35. The van der Waals surface area contributed by atoms with Gasteiger partial charge in [-0.05, 0) is 12.2 Å². The molecule has 0 fully saturated rings. The summed E-state index contributed by atoms with van der Waals surface area (Å²) in [7, 11) is 0. The topological polar surface area (TPSA) is 46.2 Å². The van der Waals surface area contributed by atoms with E-state index in [1.807, 2.05) is 0 Å². The third-order valence-electron chi connectivity index (χ3n) is 2.51. The second-order valence-corrected chi connectivity index (χ2v) is 5.32. The van der Waals surface area contributed by atoms with Crippen LogP contribution in [0, 0.1) is 0 Å². The van der Waals surface area contributed by atoms with Crippen LogP contribution in [0.1, 0.15) is 58.3 Å². The van der Waals surface area contributed by atoms with Gasteiger partial charge in [0.2, 0.25) is 0 Å². The zero-order valence-corrected chi connectivity index (χ0v) is 10.9. The van der Waals surface area contributed by atoms with Crippen molar-refractivity contribution < 1.29 is 5.11 Å². The molecular formula is C12H27NOS. The van der Waals surface area contributed by atoms with E-state index in [9.17, 15) is 5.11 Å². The molecule has 3 N–H and O–H groups in total. The van der Waals surface area contributed by atoms with Crippen molar-refractivity contribution in [1.29, 1.82) is 0 Å². The minimum Gasteiger partial charge on any atom is -0.381 e. The maximum atomic E-state index is 9.20. The average molecular weight is 233 g/mol. The molecule has 0 rings (SSSR count). The molecule has 0 bridgehead atoms. The second-order valence-electron chi connectivity index (χ2n) is 4.04. The summed E-state index contributed by atoms with van der Waals surface area (Å²) in [5.41, 5.74) is 4.96. The molecule has 0 aliphatic rings. The quantitative estimate of drug-likeness (QED) is 0.426. The molecule has 0 aromatic carbocycles. The highest BCUT2D eigenvalue weighted by Crippen LogP contribution is 2.13. The molecule has 0 radical (unpaired) electrons. The van der Waals surface area contributed by atoms with E-state index in [2.05, 4.69) is 6.92 Å². The summed E-state index contributed by atoms with van der Waals surface area (Å²) in [4.78, 5) is 0. The summed E-state index contributed by atoms with van der Waals surface area (Å²) in [5, 5.41) is 9.20. The molecule has 92 valence electrons. The number of nitrogens with two attached hydrogens (primary N) is 1. The van der Waals surface area contributed by atoms with Gasteiger partial charge in [0.25, 0.3) is 0 Å². The zero-order valence-electron chi connectivity index (χ0n) is 10.1. The Balaban J connectivity index is 2.92. The van der Waals surface area contributed by atoms with Crippen LogP contribution in [-0.4, -0.2) is 22.8 Å². The van der Waals surface area contributed by atoms with E-state index in [-0.39, 0.29) is 5.44 Å². The summed E-state index contributed by atoms with van der Waals surface area (Å²) >= 11 is 1.58. The Kier molecular flexibility index (Phi) is 12.6. The number of aliphatic hydroxyl groups is 1. The van der Waals surface area contributed by atoms with Gasteiger partial charge in [-0.2, -0.15) is 0 Å². The molecule has 0 aliphatic heterocycles. The maximum absolute atomic E-state index is 9.20. The Bertz CT molecular complexity index is 122. The van der Waals surface area contributed by atoms with E-state index >= 15 is 0 Å². The van der Waals surface area contributed by atoms with Crippen LogP contribution in [-0.2, 0) is 0 Å². The monoisotopic (exact) mass is 233 g/mol. The Labute approximate surface area is 99.0 Å². The van der Waals surface area contributed by atoms with Crippen LogP contribution in [0.4, 0.5) is 0 Å². The predicted molar refractivity (Wildman–Crippen MR) is 70.1 cm³/mol. The van der Waals surface area contributed by atoms with E-state index in [1.54, 1.807) is 11.8 Å². The van der Waals surface area contributed by atoms with E-state index < -0.39 is 0 Å². The lowest BCUT2D eigenvalue weighted by Crippen LogP contribution is -2.15. The fraction of sp³-hybridized carbons (Fsp3) is 1.00. The van der Waals surface area contributed by atoms with Gasteiger partial charge in [-0.1, -0.05) is 51.9 Å². The molecule has 0 spiro atoms. The van der Waals surface area contributed by atoms with Crippen LogP contribution < -0.4 is 5.73 Å². The van der Waals surface area contributed by atoms with Crippen molar-refractivity contribution in [1.82, 2.24) is 0 Å². The molecule has 0 aromatic rings. The molecule has 2 nitrogen and oxygen atoms in total. The Morgan fingerprint density at radius 3 is 2.07 bits per heavy atom. The number of rotatable bonds is 11. The van der Waals surface area contributed by atoms with Crippen LogP contribution in [0.3, 0.4) is 0 Å². The predicted octanol–water partition coefficient (Wildman–Crippen LogP) is 3.14. The van der Waals surface area contributed by atoms with Gasteiger partial charge in [0.1, 0.15) is 5.44 Å². The third-order valence-corrected chi connectivity index (χ3v) is 3.61. The van der Waals surface area contributed by atoms with Crippen molar-refractivity contribution >= 4 is 11.8 Å². The van der Waals surface area contributed by atoms with Gasteiger partial charge in [-0.15, -0.1) is 11.8 Å². The summed E-state index contributed by atoms with van der Waals surface area (Å²) in [5.74, 6) is 1.05. The third kappa shape index (κ3) is 12.2. The van der Waals surface area contributed by atoms with Crippen LogP contribution in [0.25, 0.3) is 0 Å². The Hall–Kier alpha value is 0.270. The number of hydrogen-bond donors (Lipinski definition) is 2. The first-order valence-electron chi connectivity index (χ1n) is 6.31. The van der Waals surface area contributed by atoms with Crippen molar-refractivity contribution in [2.24, 2.45) is 5.73 Å². The molecule has 0 amide bonds. The van der Waals surface area contributed by atoms with Crippen molar-refractivity contribution in [3.8, 4) is 0 Å². The largest absolute Gasteiger partial charge is 0.381 e. The summed E-state index contributed by atoms with van der Waals surface area (Å²) < 4.78 is 0. The summed E-state index contributed by atoms with van der Waals surface area (Å²) in [6.07, 6.45) is 10.8. The number of unbranched alkanes of at least 4 members (excludes halogenated alkanes) is 7. The zero-order chi connectivity index (χ0) is 11.4. The van der Waals surface area contributed by atoms with Crippen LogP contribution in [0.15, 0.2) is 0 Å². The molecule has 0 aliphatic carbocycles. The van der Waals surface area contributed by atoms with Gasteiger partial charge in [-0.3, -0.25) is 0 Å². The molecule has 15 heavy (non-hydrogen) atoms. The fourth-order valence-corrected chi connectivity index (χ4v) is 2.30. The Morgan fingerprint density at radius 1 is 1.00 bits per heavy atom. The van der Waals surface area contributed by atoms with Gasteiger partial charge >= 0.3 is 0 Å². The van der Waals surface area contributed by atoms with Gasteiger partial charge in [0.15, 0.2) is 0 Å². The molecule has 0 saturated heterocycles. The lowest BCUT2D eigenvalue weighted by Gasteiger charge is -2.06. The summed E-state index contributed by atoms with van der Waals surface area (Å²) in [6, 6.07) is 0. The van der Waals surface area contributed by atoms with Gasteiger partial charge in [-0.25, -0.2) is 0 Å². The maximum Gasteiger partial charge on any atom is 0.111 e. The van der Waals surface area contributed by atoms with Gasteiger partial charge in [0.05, 0.1) is 0 Å². The standard InChI is InChI=1S/C12H27NOS/c1-2-3-4-5-6-7-8-9-10-15-12(14)11-13/h12,14H,2-11,13H2,1H3. The highest BCUT2D eigenvalue weighted by Gasteiger charge is 1.99. The van der Waals surface area contributed by atoms with Crippen molar-refractivity contribution in [2.75, 3.05) is 12.3 Å². The van der Waals surface area contributed by atoms with Crippen molar-refractivity contribution in [3.05, 3.63) is 0 Å². The number of thioether (sulfide) groups is 1. The molecule has 0 aromatic heterocycles. The van der Waals surface area contributed by atoms with Crippen molar-refractivity contribution in [2.45, 2.75) is 63.7 Å². The van der Waals surface area contributed by atoms with Crippen LogP contribution >= 0.6 is 11.8 Å². The minimum absolute atomic E-state index is 0.352. The average Bonchev–Trinajstić information content (AvgIpc) is 2.26. The van der Waals surface area contributed by atoms with E-state index in [4.69, 9.17) is 5.73 Å². The highest BCUT2D eigenvalue weighted by molar-refractivity contribution is 7.99. The minimum atomic E-state index is -0.352. The SMILES string of the molecule is CCCCCCCCCCSC(O)CN. The molecule has 3 heteroatoms. The van der Waals surface area contributed by atoms with Gasteiger partial charge < -0.3 is 10.8 Å². The number of aliphatic hydroxyl groups excluding tert-OH is 1. The molecule has 0 heterocycles. The van der Waals surface area contributed by atoms with Crippen LogP contribution in [0.5, 0.6) is 0 Å². The van der Waals surface area contributed by atoms with Crippen molar-refractivity contribution in [3.63, 3.8) is 0 Å².